The molecule has 0 saturated carbocycles. The fraction of sp³-hybridized carbons (Fsp3) is 0.350. The van der Waals surface area contributed by atoms with Gasteiger partial charge in [0.25, 0.3) is 0 Å². The van der Waals surface area contributed by atoms with E-state index in [0.717, 1.165) is 5.56 Å². The molecule has 2 aromatic carbocycles. The molecule has 0 N–H and O–H groups in total. The van der Waals surface area contributed by atoms with Crippen LogP contribution < -0.4 is 4.74 Å². The number of esters is 1. The smallest absolute Gasteiger partial charge is 0.337 e. The van der Waals surface area contributed by atoms with E-state index in [1.54, 1.807) is 21.0 Å². The number of benzene rings is 2. The fourth-order valence-electron chi connectivity index (χ4n) is 3.03. The van der Waals surface area contributed by atoms with Crippen molar-refractivity contribution in [3.8, 4) is 5.75 Å². The average Bonchev–Trinajstić information content (AvgIpc) is 2.67. The molecule has 2 aromatic rings. The summed E-state index contributed by atoms with van der Waals surface area (Å²) < 4.78 is 37.9. The Bertz CT molecular complexity index is 924. The Balaban J connectivity index is 2.44. The van der Waals surface area contributed by atoms with Crippen molar-refractivity contribution in [2.75, 3.05) is 20.8 Å². The third kappa shape index (κ3) is 4.31. The monoisotopic (exact) mass is 391 g/mol. The van der Waals surface area contributed by atoms with Crippen LogP contribution in [-0.2, 0) is 14.8 Å². The highest BCUT2D eigenvalue weighted by Crippen LogP contribution is 2.30. The largest absolute Gasteiger partial charge is 0.497 e. The van der Waals surface area contributed by atoms with E-state index < -0.39 is 16.0 Å². The summed E-state index contributed by atoms with van der Waals surface area (Å²) in [4.78, 5) is 11.8. The molecule has 0 spiro atoms. The van der Waals surface area contributed by atoms with E-state index in [-0.39, 0.29) is 10.9 Å². The normalized spacial score (nSPS) is 12.7. The van der Waals surface area contributed by atoms with E-state index in [9.17, 15) is 13.2 Å². The van der Waals surface area contributed by atoms with E-state index in [2.05, 4.69) is 0 Å². The Morgan fingerprint density at radius 3 is 2.41 bits per heavy atom. The molecule has 0 bridgehead atoms. The van der Waals surface area contributed by atoms with Gasteiger partial charge in [-0.05, 0) is 55.3 Å². The predicted molar refractivity (Wildman–Crippen MR) is 103 cm³/mol. The number of hydrogen-bond donors (Lipinski definition) is 0. The number of rotatable bonds is 7. The van der Waals surface area contributed by atoms with E-state index in [1.165, 1.54) is 29.6 Å². The molecular weight excluding hydrogens is 366 g/mol. The molecule has 0 amide bonds. The minimum absolute atomic E-state index is 0.173. The SMILES string of the molecule is CCN(C(C)c1cccc(OC)c1)S(=O)(=O)c1ccc(C(=O)OC)cc1C. The summed E-state index contributed by atoms with van der Waals surface area (Å²) in [5.74, 6) is 0.172. The van der Waals surface area contributed by atoms with Crippen molar-refractivity contribution in [2.45, 2.75) is 31.7 Å². The molecule has 0 fully saturated rings. The van der Waals surface area contributed by atoms with Gasteiger partial charge in [-0.2, -0.15) is 4.31 Å². The minimum atomic E-state index is -3.76. The van der Waals surface area contributed by atoms with Gasteiger partial charge < -0.3 is 9.47 Å². The van der Waals surface area contributed by atoms with Gasteiger partial charge in [-0.15, -0.1) is 0 Å². The second kappa shape index (κ2) is 8.54. The molecule has 0 radical (unpaired) electrons. The average molecular weight is 391 g/mol. The van der Waals surface area contributed by atoms with Crippen LogP contribution in [0.25, 0.3) is 0 Å². The summed E-state index contributed by atoms with van der Waals surface area (Å²) in [7, 11) is -0.895. The molecule has 0 saturated heterocycles. The van der Waals surface area contributed by atoms with Gasteiger partial charge in [0.1, 0.15) is 5.75 Å². The summed E-state index contributed by atoms with van der Waals surface area (Å²) in [6, 6.07) is 11.4. The van der Waals surface area contributed by atoms with E-state index in [0.29, 0.717) is 23.4 Å². The summed E-state index contributed by atoms with van der Waals surface area (Å²) in [5.41, 5.74) is 1.65. The lowest BCUT2D eigenvalue weighted by atomic mass is 10.1. The summed E-state index contributed by atoms with van der Waals surface area (Å²) in [6.07, 6.45) is 0. The zero-order chi connectivity index (χ0) is 20.2. The van der Waals surface area contributed by atoms with Gasteiger partial charge in [0.05, 0.1) is 24.7 Å². The minimum Gasteiger partial charge on any atom is -0.497 e. The first-order valence-corrected chi connectivity index (χ1v) is 10.0. The first-order chi connectivity index (χ1) is 12.8. The van der Waals surface area contributed by atoms with Gasteiger partial charge in [-0.25, -0.2) is 13.2 Å². The van der Waals surface area contributed by atoms with Crippen LogP contribution in [0.4, 0.5) is 0 Å². The maximum Gasteiger partial charge on any atom is 0.337 e. The second-order valence-corrected chi connectivity index (χ2v) is 7.99. The lowest BCUT2D eigenvalue weighted by Gasteiger charge is -2.28. The molecule has 0 aliphatic heterocycles. The first-order valence-electron chi connectivity index (χ1n) is 8.61. The van der Waals surface area contributed by atoms with Gasteiger partial charge in [0, 0.05) is 12.6 Å². The zero-order valence-electron chi connectivity index (χ0n) is 16.2. The summed E-state index contributed by atoms with van der Waals surface area (Å²) in [6.45, 7) is 5.61. The third-order valence-corrected chi connectivity index (χ3v) is 6.71. The number of nitrogens with zero attached hydrogens (tertiary/aromatic N) is 1. The number of carbonyl (C=O) groups excluding carboxylic acids is 1. The quantitative estimate of drug-likeness (QED) is 0.675. The topological polar surface area (TPSA) is 72.9 Å². The van der Waals surface area contributed by atoms with Crippen molar-refractivity contribution >= 4 is 16.0 Å². The number of hydrogen-bond acceptors (Lipinski definition) is 5. The van der Waals surface area contributed by atoms with Crippen LogP contribution in [0, 0.1) is 6.92 Å². The van der Waals surface area contributed by atoms with Crippen molar-refractivity contribution in [2.24, 2.45) is 0 Å². The Labute approximate surface area is 160 Å². The number of carbonyl (C=O) groups is 1. The van der Waals surface area contributed by atoms with Gasteiger partial charge in [-0.3, -0.25) is 0 Å². The lowest BCUT2D eigenvalue weighted by Crippen LogP contribution is -2.34. The van der Waals surface area contributed by atoms with Crippen molar-refractivity contribution in [3.63, 3.8) is 0 Å². The van der Waals surface area contributed by atoms with Crippen LogP contribution in [0.15, 0.2) is 47.4 Å². The maximum absolute atomic E-state index is 13.3. The number of sulfonamides is 1. The molecule has 0 aromatic heterocycles. The number of ether oxygens (including phenoxy) is 2. The van der Waals surface area contributed by atoms with E-state index >= 15 is 0 Å². The Kier molecular flexibility index (Phi) is 6.62. The van der Waals surface area contributed by atoms with Crippen LogP contribution in [-0.4, -0.2) is 39.5 Å². The highest BCUT2D eigenvalue weighted by molar-refractivity contribution is 7.89. The van der Waals surface area contributed by atoms with Crippen molar-refractivity contribution in [1.82, 2.24) is 4.31 Å². The molecule has 0 aliphatic rings. The van der Waals surface area contributed by atoms with Gasteiger partial charge in [-0.1, -0.05) is 19.1 Å². The molecule has 27 heavy (non-hydrogen) atoms. The fourth-order valence-corrected chi connectivity index (χ4v) is 4.87. The third-order valence-electron chi connectivity index (χ3n) is 4.50. The highest BCUT2D eigenvalue weighted by Gasteiger charge is 2.30. The highest BCUT2D eigenvalue weighted by atomic mass is 32.2. The van der Waals surface area contributed by atoms with Crippen molar-refractivity contribution in [3.05, 3.63) is 59.2 Å². The molecule has 6 nitrogen and oxygen atoms in total. The summed E-state index contributed by atoms with van der Waals surface area (Å²) >= 11 is 0. The standard InChI is InChI=1S/C20H25NO5S/c1-6-21(15(3)16-8-7-9-18(13-16)25-4)27(23,24)19-11-10-17(12-14(19)2)20(22)26-5/h7-13,15H,6H2,1-5H3. The van der Waals surface area contributed by atoms with Crippen LogP contribution in [0.3, 0.4) is 0 Å². The Morgan fingerprint density at radius 2 is 1.85 bits per heavy atom. The van der Waals surface area contributed by atoms with Gasteiger partial charge in [0.15, 0.2) is 0 Å². The molecular formula is C20H25NO5S. The first kappa shape index (κ1) is 20.9. The Morgan fingerprint density at radius 1 is 1.15 bits per heavy atom. The second-order valence-electron chi connectivity index (χ2n) is 6.13. The molecule has 146 valence electrons. The van der Waals surface area contributed by atoms with Crippen LogP contribution in [0.5, 0.6) is 5.75 Å². The number of aryl methyl sites for hydroxylation is 1. The van der Waals surface area contributed by atoms with Crippen LogP contribution in [0.2, 0.25) is 0 Å². The van der Waals surface area contributed by atoms with Gasteiger partial charge in [0.2, 0.25) is 10.0 Å². The zero-order valence-corrected chi connectivity index (χ0v) is 17.0. The van der Waals surface area contributed by atoms with Gasteiger partial charge >= 0.3 is 5.97 Å². The van der Waals surface area contributed by atoms with Crippen molar-refractivity contribution < 1.29 is 22.7 Å². The molecule has 2 rings (SSSR count). The maximum atomic E-state index is 13.3. The molecule has 1 atom stereocenters. The molecule has 7 heteroatoms. The van der Waals surface area contributed by atoms with E-state index in [1.807, 2.05) is 31.2 Å². The van der Waals surface area contributed by atoms with Crippen LogP contribution >= 0.6 is 0 Å². The predicted octanol–water partition coefficient (Wildman–Crippen LogP) is 3.56. The molecule has 0 heterocycles. The van der Waals surface area contributed by atoms with Crippen molar-refractivity contribution in [1.29, 1.82) is 0 Å². The molecule has 1 unspecified atom stereocenters. The Hall–Kier alpha value is -2.38. The number of methoxy groups -OCH3 is 2. The summed E-state index contributed by atoms with van der Waals surface area (Å²) in [5, 5.41) is 0. The van der Waals surface area contributed by atoms with Crippen LogP contribution in [0.1, 0.15) is 41.4 Å². The molecule has 0 aliphatic carbocycles. The lowest BCUT2D eigenvalue weighted by molar-refractivity contribution is 0.0600. The van der Waals surface area contributed by atoms with E-state index in [4.69, 9.17) is 9.47 Å².